The zero-order valence-corrected chi connectivity index (χ0v) is 17.5. The van der Waals surface area contributed by atoms with E-state index in [1.807, 2.05) is 12.1 Å². The second kappa shape index (κ2) is 8.83. The van der Waals surface area contributed by atoms with E-state index in [0.717, 1.165) is 5.69 Å². The summed E-state index contributed by atoms with van der Waals surface area (Å²) < 4.78 is 6.25. The number of para-hydroxylation sites is 1. The van der Waals surface area contributed by atoms with Crippen molar-refractivity contribution in [3.63, 3.8) is 0 Å². The zero-order valence-electron chi connectivity index (χ0n) is 17.5. The number of fused-ring (bicyclic) bond motifs is 1. The highest BCUT2D eigenvalue weighted by molar-refractivity contribution is 6.00. The maximum Gasteiger partial charge on any atom is 0.242 e. The van der Waals surface area contributed by atoms with Crippen LogP contribution in [-0.4, -0.2) is 57.2 Å². The molecule has 0 unspecified atom stereocenters. The number of hydrogen-bond acceptors (Lipinski definition) is 6. The molecule has 0 saturated carbocycles. The fourth-order valence-electron chi connectivity index (χ4n) is 4.25. The Kier molecular flexibility index (Phi) is 5.97. The summed E-state index contributed by atoms with van der Waals surface area (Å²) in [7, 11) is 0. The van der Waals surface area contributed by atoms with Gasteiger partial charge in [-0.1, -0.05) is 12.1 Å². The Bertz CT molecular complexity index is 981. The molecule has 162 valence electrons. The topological polar surface area (TPSA) is 101 Å². The first-order valence-electron chi connectivity index (χ1n) is 10.6. The molecule has 2 aliphatic heterocycles. The molecule has 0 bridgehead atoms. The number of Topliss-reactive ketones (excluding diaryl/α,β-unsaturated/α-hetero) is 1. The molecular weight excluding hydrogens is 396 g/mol. The Morgan fingerprint density at radius 3 is 2.90 bits per heavy atom. The summed E-state index contributed by atoms with van der Waals surface area (Å²) in [6.45, 7) is 2.52. The van der Waals surface area contributed by atoms with Crippen molar-refractivity contribution in [2.24, 2.45) is 0 Å². The number of aromatic nitrogens is 2. The van der Waals surface area contributed by atoms with Crippen molar-refractivity contribution in [1.29, 1.82) is 0 Å². The highest BCUT2D eigenvalue weighted by atomic mass is 16.5. The molecule has 1 spiro atoms. The molecule has 1 fully saturated rings. The zero-order chi connectivity index (χ0) is 21.8. The van der Waals surface area contributed by atoms with Gasteiger partial charge in [0, 0.05) is 50.9 Å². The van der Waals surface area contributed by atoms with E-state index in [4.69, 9.17) is 4.74 Å². The van der Waals surface area contributed by atoms with Gasteiger partial charge >= 0.3 is 0 Å². The van der Waals surface area contributed by atoms with Gasteiger partial charge in [0.1, 0.15) is 17.4 Å². The highest BCUT2D eigenvalue weighted by Gasteiger charge is 2.44. The first kappa shape index (κ1) is 21.0. The molecule has 1 saturated heterocycles. The predicted octanol–water partition coefficient (Wildman–Crippen LogP) is 1.94. The first-order valence-corrected chi connectivity index (χ1v) is 10.6. The predicted molar refractivity (Wildman–Crippen MR) is 113 cm³/mol. The summed E-state index contributed by atoms with van der Waals surface area (Å²) in [4.78, 5) is 47.9. The summed E-state index contributed by atoms with van der Waals surface area (Å²) >= 11 is 0. The van der Waals surface area contributed by atoms with Crippen molar-refractivity contribution in [2.75, 3.05) is 13.1 Å². The number of nitrogens with zero attached hydrogens (tertiary/aromatic N) is 3. The number of likely N-dealkylation sites (tertiary alicyclic amines) is 1. The summed E-state index contributed by atoms with van der Waals surface area (Å²) in [6.07, 6.45) is 6.91. The molecule has 8 heteroatoms. The summed E-state index contributed by atoms with van der Waals surface area (Å²) in [5.74, 6) is 0.314. The molecule has 1 aromatic heterocycles. The third kappa shape index (κ3) is 4.57. The van der Waals surface area contributed by atoms with Crippen LogP contribution in [0.1, 0.15) is 48.7 Å². The van der Waals surface area contributed by atoms with Crippen LogP contribution in [0.15, 0.2) is 42.9 Å². The van der Waals surface area contributed by atoms with E-state index in [2.05, 4.69) is 15.3 Å². The van der Waals surface area contributed by atoms with Gasteiger partial charge < -0.3 is 15.0 Å². The number of ketones is 1. The molecule has 1 N–H and O–H groups in total. The van der Waals surface area contributed by atoms with E-state index in [-0.39, 0.29) is 30.4 Å². The van der Waals surface area contributed by atoms with E-state index in [1.165, 1.54) is 0 Å². The maximum absolute atomic E-state index is 12.8. The Balaban J connectivity index is 1.37. The van der Waals surface area contributed by atoms with Gasteiger partial charge in [-0.3, -0.25) is 24.4 Å². The van der Waals surface area contributed by atoms with Crippen LogP contribution in [0.25, 0.3) is 0 Å². The van der Waals surface area contributed by atoms with Gasteiger partial charge in [-0.05, 0) is 25.5 Å². The SMILES string of the molecule is C[C@@H](C(=O)NCCc1cnccn1)N1CC[C@@]2(CCC1=O)CC(=O)c1ccccc1O2. The van der Waals surface area contributed by atoms with Crippen molar-refractivity contribution in [1.82, 2.24) is 20.2 Å². The van der Waals surface area contributed by atoms with Crippen LogP contribution in [0, 0.1) is 0 Å². The second-order valence-electron chi connectivity index (χ2n) is 8.13. The highest BCUT2D eigenvalue weighted by Crippen LogP contribution is 2.39. The average Bonchev–Trinajstić information content (AvgIpc) is 2.93. The van der Waals surface area contributed by atoms with Gasteiger partial charge in [0.05, 0.1) is 17.7 Å². The number of carbonyl (C=O) groups is 3. The minimum Gasteiger partial charge on any atom is -0.486 e. The standard InChI is InChI=1S/C23H26N4O4/c1-16(22(30)26-10-7-17-15-24-11-12-25-17)27-13-9-23(8-6-21(27)29)14-19(28)18-4-2-3-5-20(18)31-23/h2-5,11-12,15-16H,6-10,13-14H2,1H3,(H,26,30)/t16-,23-/m0/s1. The molecule has 8 nitrogen and oxygen atoms in total. The third-order valence-electron chi connectivity index (χ3n) is 6.06. The quantitative estimate of drug-likeness (QED) is 0.790. The lowest BCUT2D eigenvalue weighted by Gasteiger charge is -2.37. The van der Waals surface area contributed by atoms with Crippen LogP contribution in [0.5, 0.6) is 5.75 Å². The van der Waals surface area contributed by atoms with Crippen LogP contribution in [0.4, 0.5) is 0 Å². The number of rotatable bonds is 5. The van der Waals surface area contributed by atoms with Gasteiger partial charge in [-0.25, -0.2) is 0 Å². The van der Waals surface area contributed by atoms with Crippen molar-refractivity contribution in [2.45, 2.75) is 50.7 Å². The Morgan fingerprint density at radius 1 is 1.26 bits per heavy atom. The Morgan fingerprint density at radius 2 is 2.10 bits per heavy atom. The van der Waals surface area contributed by atoms with Crippen LogP contribution >= 0.6 is 0 Å². The van der Waals surface area contributed by atoms with Crippen molar-refractivity contribution >= 4 is 17.6 Å². The molecule has 0 radical (unpaired) electrons. The molecule has 4 rings (SSSR count). The molecule has 3 heterocycles. The van der Waals surface area contributed by atoms with Crippen molar-refractivity contribution in [3.8, 4) is 5.75 Å². The lowest BCUT2D eigenvalue weighted by molar-refractivity contribution is -0.139. The number of ether oxygens (including phenoxy) is 1. The summed E-state index contributed by atoms with van der Waals surface area (Å²) in [5.41, 5.74) is 0.692. The molecule has 31 heavy (non-hydrogen) atoms. The molecule has 2 aromatic rings. The minimum absolute atomic E-state index is 0.0394. The minimum atomic E-state index is -0.696. The Hall–Kier alpha value is -3.29. The van der Waals surface area contributed by atoms with Gasteiger partial charge in [-0.15, -0.1) is 0 Å². The lowest BCUT2D eigenvalue weighted by Crippen LogP contribution is -2.49. The number of hydrogen-bond donors (Lipinski definition) is 1. The van der Waals surface area contributed by atoms with Gasteiger partial charge in [-0.2, -0.15) is 0 Å². The largest absolute Gasteiger partial charge is 0.486 e. The molecule has 2 atom stereocenters. The summed E-state index contributed by atoms with van der Waals surface area (Å²) in [5, 5.41) is 2.87. The fraction of sp³-hybridized carbons (Fsp3) is 0.435. The Labute approximate surface area is 181 Å². The molecular formula is C23H26N4O4. The van der Waals surface area contributed by atoms with Crippen LogP contribution in [0.3, 0.4) is 0 Å². The van der Waals surface area contributed by atoms with Crippen LogP contribution in [-0.2, 0) is 16.0 Å². The normalized spacial score (nSPS) is 21.8. The number of amides is 2. The van der Waals surface area contributed by atoms with E-state index in [9.17, 15) is 14.4 Å². The first-order chi connectivity index (χ1) is 15.0. The van der Waals surface area contributed by atoms with Crippen LogP contribution in [0.2, 0.25) is 0 Å². The van der Waals surface area contributed by atoms with E-state index < -0.39 is 11.6 Å². The van der Waals surface area contributed by atoms with E-state index >= 15 is 0 Å². The molecule has 2 aliphatic rings. The van der Waals surface area contributed by atoms with Crippen LogP contribution < -0.4 is 10.1 Å². The van der Waals surface area contributed by atoms with Gasteiger partial charge in [0.15, 0.2) is 5.78 Å². The third-order valence-corrected chi connectivity index (χ3v) is 6.06. The molecule has 2 amide bonds. The van der Waals surface area contributed by atoms with Crippen molar-refractivity contribution in [3.05, 3.63) is 54.1 Å². The van der Waals surface area contributed by atoms with E-state index in [1.54, 1.807) is 42.5 Å². The fourth-order valence-corrected chi connectivity index (χ4v) is 4.25. The number of nitrogens with one attached hydrogen (secondary N) is 1. The van der Waals surface area contributed by atoms with Gasteiger partial charge in [0.2, 0.25) is 11.8 Å². The lowest BCUT2D eigenvalue weighted by atomic mass is 9.84. The molecule has 0 aliphatic carbocycles. The monoisotopic (exact) mass is 422 g/mol. The number of benzene rings is 1. The van der Waals surface area contributed by atoms with Crippen molar-refractivity contribution < 1.29 is 19.1 Å². The summed E-state index contributed by atoms with van der Waals surface area (Å²) in [6, 6.07) is 6.63. The van der Waals surface area contributed by atoms with Gasteiger partial charge in [0.25, 0.3) is 0 Å². The second-order valence-corrected chi connectivity index (χ2v) is 8.13. The maximum atomic E-state index is 12.8. The smallest absolute Gasteiger partial charge is 0.242 e. The number of carbonyl (C=O) groups excluding carboxylic acids is 3. The average molecular weight is 422 g/mol. The van der Waals surface area contributed by atoms with E-state index in [0.29, 0.717) is 43.7 Å². The molecule has 1 aromatic carbocycles.